The Bertz CT molecular complexity index is 651. The van der Waals surface area contributed by atoms with Gasteiger partial charge < -0.3 is 16.2 Å². The van der Waals surface area contributed by atoms with Gasteiger partial charge in [-0.05, 0) is 17.5 Å². The first kappa shape index (κ1) is 18.0. The van der Waals surface area contributed by atoms with Crippen molar-refractivity contribution in [3.63, 3.8) is 0 Å². The van der Waals surface area contributed by atoms with E-state index in [0.29, 0.717) is 11.1 Å². The van der Waals surface area contributed by atoms with Crippen molar-refractivity contribution in [2.24, 2.45) is 5.73 Å². The number of nitrogens with two attached hydrogens (primary N) is 1. The zero-order chi connectivity index (χ0) is 17.6. The van der Waals surface area contributed by atoms with Gasteiger partial charge >= 0.3 is 5.92 Å². The van der Waals surface area contributed by atoms with Crippen LogP contribution in [0.1, 0.15) is 11.1 Å². The van der Waals surface area contributed by atoms with E-state index in [-0.39, 0.29) is 13.0 Å². The zero-order valence-corrected chi connectivity index (χ0v) is 13.0. The van der Waals surface area contributed by atoms with Gasteiger partial charge in [-0.25, -0.2) is 0 Å². The quantitative estimate of drug-likeness (QED) is 0.723. The lowest BCUT2D eigenvalue weighted by Crippen LogP contribution is -2.55. The third-order valence-electron chi connectivity index (χ3n) is 3.69. The predicted molar refractivity (Wildman–Crippen MR) is 87.4 cm³/mol. The summed E-state index contributed by atoms with van der Waals surface area (Å²) in [6.07, 6.45) is -2.22. The van der Waals surface area contributed by atoms with Gasteiger partial charge in [-0.15, -0.1) is 0 Å². The summed E-state index contributed by atoms with van der Waals surface area (Å²) in [5, 5.41) is 12.0. The topological polar surface area (TPSA) is 75.3 Å². The summed E-state index contributed by atoms with van der Waals surface area (Å²) in [6, 6.07) is 16.1. The number of hydrogen-bond donors (Lipinski definition) is 3. The van der Waals surface area contributed by atoms with E-state index in [1.807, 2.05) is 0 Å². The number of hydrogen-bond acceptors (Lipinski definition) is 3. The van der Waals surface area contributed by atoms with Crippen LogP contribution in [0.4, 0.5) is 8.78 Å². The van der Waals surface area contributed by atoms with Crippen molar-refractivity contribution in [1.82, 2.24) is 5.32 Å². The lowest BCUT2D eigenvalue weighted by Gasteiger charge is -2.26. The molecule has 4 nitrogen and oxygen atoms in total. The molecule has 0 spiro atoms. The van der Waals surface area contributed by atoms with Crippen LogP contribution in [0.25, 0.3) is 0 Å². The van der Waals surface area contributed by atoms with Crippen LogP contribution in [-0.2, 0) is 17.8 Å². The lowest BCUT2D eigenvalue weighted by molar-refractivity contribution is -0.165. The monoisotopic (exact) mass is 334 g/mol. The van der Waals surface area contributed by atoms with Crippen LogP contribution in [-0.4, -0.2) is 29.1 Å². The average molecular weight is 334 g/mol. The second kappa shape index (κ2) is 7.99. The van der Waals surface area contributed by atoms with Gasteiger partial charge in [0.25, 0.3) is 5.91 Å². The molecule has 24 heavy (non-hydrogen) atoms. The summed E-state index contributed by atoms with van der Waals surface area (Å²) in [4.78, 5) is 11.8. The van der Waals surface area contributed by atoms with Crippen LogP contribution in [0.2, 0.25) is 0 Å². The van der Waals surface area contributed by atoms with Crippen molar-refractivity contribution in [2.45, 2.75) is 31.0 Å². The number of carbonyl (C=O) groups excluding carboxylic acids is 1. The summed E-state index contributed by atoms with van der Waals surface area (Å²) in [7, 11) is 0. The predicted octanol–water partition coefficient (Wildman–Crippen LogP) is 1.87. The van der Waals surface area contributed by atoms with Gasteiger partial charge in [0.05, 0.1) is 0 Å². The van der Waals surface area contributed by atoms with Crippen LogP contribution in [0.15, 0.2) is 60.7 Å². The van der Waals surface area contributed by atoms with Crippen molar-refractivity contribution < 1.29 is 18.7 Å². The Morgan fingerprint density at radius 2 is 1.54 bits per heavy atom. The smallest absolute Gasteiger partial charge is 0.351 e. The Kier molecular flexibility index (Phi) is 6.00. The van der Waals surface area contributed by atoms with Gasteiger partial charge in [0.1, 0.15) is 6.10 Å². The van der Waals surface area contributed by atoms with Gasteiger partial charge in [0.2, 0.25) is 0 Å². The van der Waals surface area contributed by atoms with E-state index >= 15 is 0 Å². The van der Waals surface area contributed by atoms with Gasteiger partial charge in [-0.3, -0.25) is 4.79 Å². The Balaban J connectivity index is 1.95. The van der Waals surface area contributed by atoms with Crippen molar-refractivity contribution in [2.75, 3.05) is 0 Å². The molecule has 6 heteroatoms. The van der Waals surface area contributed by atoms with E-state index in [4.69, 9.17) is 5.73 Å². The van der Waals surface area contributed by atoms with Crippen molar-refractivity contribution in [3.05, 3.63) is 71.8 Å². The largest absolute Gasteiger partial charge is 0.385 e. The molecule has 2 aromatic rings. The highest BCUT2D eigenvalue weighted by molar-refractivity contribution is 5.84. The molecule has 4 N–H and O–H groups in total. The Morgan fingerprint density at radius 3 is 2.08 bits per heavy atom. The Morgan fingerprint density at radius 1 is 1.04 bits per heavy atom. The molecular formula is C18H20F2N2O2. The molecule has 2 unspecified atom stereocenters. The number of carbonyl (C=O) groups is 1. The minimum absolute atomic E-state index is 0.0452. The number of nitrogens with one attached hydrogen (secondary N) is 1. The van der Waals surface area contributed by atoms with Crippen LogP contribution in [0.5, 0.6) is 0 Å². The van der Waals surface area contributed by atoms with Crippen LogP contribution < -0.4 is 11.1 Å². The molecule has 0 saturated carbocycles. The highest BCUT2D eigenvalue weighted by Gasteiger charge is 2.48. The van der Waals surface area contributed by atoms with E-state index in [1.54, 1.807) is 60.7 Å². The molecule has 1 amide bonds. The molecule has 2 rings (SSSR count). The van der Waals surface area contributed by atoms with Crippen molar-refractivity contribution in [1.29, 1.82) is 0 Å². The molecular weight excluding hydrogens is 314 g/mol. The van der Waals surface area contributed by atoms with E-state index in [2.05, 4.69) is 5.32 Å². The molecule has 2 atom stereocenters. The first-order valence-corrected chi connectivity index (χ1v) is 7.59. The Hall–Kier alpha value is -2.31. The minimum Gasteiger partial charge on any atom is -0.385 e. The first-order chi connectivity index (χ1) is 11.4. The van der Waals surface area contributed by atoms with Crippen molar-refractivity contribution in [3.8, 4) is 0 Å². The number of aliphatic hydroxyl groups excluding tert-OH is 1. The van der Waals surface area contributed by atoms with Crippen LogP contribution >= 0.6 is 0 Å². The average Bonchev–Trinajstić information content (AvgIpc) is 2.60. The first-order valence-electron chi connectivity index (χ1n) is 7.59. The summed E-state index contributed by atoms with van der Waals surface area (Å²) in [6.45, 7) is -0.0457. The maximum atomic E-state index is 14.1. The molecule has 0 fully saturated rings. The molecule has 0 aliphatic rings. The number of amides is 1. The summed E-state index contributed by atoms with van der Waals surface area (Å²) < 4.78 is 28.2. The SMILES string of the molecule is NC(Cc1ccccc1)C(O)C(F)(F)C(=O)NCc1ccccc1. The third-order valence-corrected chi connectivity index (χ3v) is 3.69. The summed E-state index contributed by atoms with van der Waals surface area (Å²) in [5.74, 6) is -5.51. The standard InChI is InChI=1S/C18H20F2N2O2/c19-18(20,17(24)22-12-14-9-5-2-6-10-14)16(23)15(21)11-13-7-3-1-4-8-13/h1-10,15-16,23H,11-12,21H2,(H,22,24). The van der Waals surface area contributed by atoms with E-state index in [0.717, 1.165) is 0 Å². The number of aliphatic hydroxyl groups is 1. The molecule has 0 aromatic heterocycles. The molecule has 0 heterocycles. The fraction of sp³-hybridized carbons (Fsp3) is 0.278. The molecule has 2 aromatic carbocycles. The molecule has 0 aliphatic heterocycles. The second-order valence-electron chi connectivity index (χ2n) is 5.59. The summed E-state index contributed by atoms with van der Waals surface area (Å²) in [5.41, 5.74) is 7.07. The second-order valence-corrected chi connectivity index (χ2v) is 5.59. The highest BCUT2D eigenvalue weighted by atomic mass is 19.3. The van der Waals surface area contributed by atoms with Crippen LogP contribution in [0.3, 0.4) is 0 Å². The molecule has 0 aliphatic carbocycles. The maximum Gasteiger partial charge on any atom is 0.351 e. The van der Waals surface area contributed by atoms with Gasteiger partial charge in [0, 0.05) is 12.6 Å². The molecule has 0 radical (unpaired) electrons. The van der Waals surface area contributed by atoms with E-state index in [9.17, 15) is 18.7 Å². The number of halogens is 2. The van der Waals surface area contributed by atoms with Gasteiger partial charge in [0.15, 0.2) is 0 Å². The fourth-order valence-corrected chi connectivity index (χ4v) is 2.30. The maximum absolute atomic E-state index is 14.1. The normalized spacial score (nSPS) is 14.0. The summed E-state index contributed by atoms with van der Waals surface area (Å²) >= 11 is 0. The molecule has 128 valence electrons. The van der Waals surface area contributed by atoms with Crippen LogP contribution in [0, 0.1) is 0 Å². The lowest BCUT2D eigenvalue weighted by atomic mass is 9.97. The molecule has 0 saturated heterocycles. The highest BCUT2D eigenvalue weighted by Crippen LogP contribution is 2.22. The van der Waals surface area contributed by atoms with E-state index in [1.165, 1.54) is 0 Å². The number of alkyl halides is 2. The van der Waals surface area contributed by atoms with Gasteiger partial charge in [-0.2, -0.15) is 8.78 Å². The third kappa shape index (κ3) is 4.59. The number of rotatable bonds is 7. The van der Waals surface area contributed by atoms with Gasteiger partial charge in [-0.1, -0.05) is 60.7 Å². The van der Waals surface area contributed by atoms with Crippen molar-refractivity contribution >= 4 is 5.91 Å². The zero-order valence-electron chi connectivity index (χ0n) is 13.0. The minimum atomic E-state index is -3.97. The molecule has 0 bridgehead atoms. The number of benzene rings is 2. The van der Waals surface area contributed by atoms with E-state index < -0.39 is 24.0 Å². The fourth-order valence-electron chi connectivity index (χ4n) is 2.30. The Labute approximate surface area is 139 Å².